The van der Waals surface area contributed by atoms with Crippen molar-refractivity contribution in [1.82, 2.24) is 24.6 Å². The predicted octanol–water partition coefficient (Wildman–Crippen LogP) is 4.25. The minimum absolute atomic E-state index is 0.219. The number of hydrogen-bond acceptors (Lipinski definition) is 6. The Morgan fingerprint density at radius 2 is 1.89 bits per heavy atom. The number of rotatable bonds is 7. The van der Waals surface area contributed by atoms with Crippen molar-refractivity contribution in [2.45, 2.75) is 51.7 Å². The van der Waals surface area contributed by atoms with Gasteiger partial charge in [-0.3, -0.25) is 19.7 Å². The number of nitrogens with zero attached hydrogens (tertiary/aromatic N) is 6. The molecule has 0 aromatic carbocycles. The third kappa shape index (κ3) is 4.89. The average Bonchev–Trinajstić information content (AvgIpc) is 3.36. The Labute approximate surface area is 208 Å². The van der Waals surface area contributed by atoms with E-state index in [1.807, 2.05) is 40.2 Å². The number of piperidine rings is 1. The van der Waals surface area contributed by atoms with E-state index in [2.05, 4.69) is 36.6 Å². The van der Waals surface area contributed by atoms with Crippen LogP contribution < -0.4 is 4.90 Å². The topological polar surface area (TPSA) is 76.4 Å². The first-order valence-electron chi connectivity index (χ1n) is 12.6. The molecule has 0 atom stereocenters. The van der Waals surface area contributed by atoms with E-state index >= 15 is 0 Å². The van der Waals surface area contributed by atoms with E-state index in [0.717, 1.165) is 66.4 Å². The molecule has 0 bridgehead atoms. The van der Waals surface area contributed by atoms with Crippen molar-refractivity contribution >= 4 is 30.7 Å². The van der Waals surface area contributed by atoms with Gasteiger partial charge in [0.25, 0.3) is 0 Å². The Morgan fingerprint density at radius 3 is 2.60 bits per heavy atom. The van der Waals surface area contributed by atoms with Gasteiger partial charge in [0.1, 0.15) is 6.73 Å². The summed E-state index contributed by atoms with van der Waals surface area (Å²) in [5, 5.41) is 5.86. The molecule has 3 aromatic heterocycles. The minimum Gasteiger partial charge on any atom is -0.360 e. The van der Waals surface area contributed by atoms with E-state index in [1.165, 1.54) is 0 Å². The molecule has 1 amide bonds. The molecule has 3 aromatic rings. The van der Waals surface area contributed by atoms with Gasteiger partial charge in [0.15, 0.2) is 5.82 Å². The van der Waals surface area contributed by atoms with Gasteiger partial charge < -0.3 is 9.64 Å². The summed E-state index contributed by atoms with van der Waals surface area (Å²) >= 11 is 0. The minimum atomic E-state index is -1.18. The first kappa shape index (κ1) is 24.1. The molecule has 0 unspecified atom stereocenters. The van der Waals surface area contributed by atoms with Crippen molar-refractivity contribution in [3.63, 3.8) is 0 Å². The lowest BCUT2D eigenvalue weighted by molar-refractivity contribution is -0.127. The Balaban J connectivity index is 1.48. The van der Waals surface area contributed by atoms with Gasteiger partial charge in [-0.05, 0) is 63.6 Å². The van der Waals surface area contributed by atoms with E-state index < -0.39 is 8.07 Å². The van der Waals surface area contributed by atoms with Crippen LogP contribution in [0.3, 0.4) is 0 Å². The summed E-state index contributed by atoms with van der Waals surface area (Å²) in [6.07, 6.45) is 8.14. The van der Waals surface area contributed by atoms with Gasteiger partial charge in [-0.25, -0.2) is 4.68 Å². The van der Waals surface area contributed by atoms with Gasteiger partial charge in [-0.2, -0.15) is 5.10 Å². The normalized spacial score (nSPS) is 18.7. The molecular weight excluding hydrogens is 456 g/mol. The fourth-order valence-electron chi connectivity index (χ4n) is 5.09. The lowest BCUT2D eigenvalue weighted by atomic mass is 9.77. The van der Waals surface area contributed by atoms with Crippen molar-refractivity contribution in [2.24, 2.45) is 5.41 Å². The second kappa shape index (κ2) is 9.44. The van der Waals surface area contributed by atoms with Crippen LogP contribution in [0.25, 0.3) is 22.2 Å². The van der Waals surface area contributed by atoms with E-state index in [0.29, 0.717) is 19.9 Å². The Kier molecular flexibility index (Phi) is 6.50. The predicted molar refractivity (Wildman–Crippen MR) is 141 cm³/mol. The molecule has 8 nitrogen and oxygen atoms in total. The quantitative estimate of drug-likeness (QED) is 0.362. The van der Waals surface area contributed by atoms with Crippen LogP contribution in [0.15, 0.2) is 36.8 Å². The monoisotopic (exact) mass is 492 g/mol. The molecule has 186 valence electrons. The molecule has 0 N–H and O–H groups in total. The number of carbonyl (C=O) groups is 1. The van der Waals surface area contributed by atoms with Crippen LogP contribution in [-0.4, -0.2) is 71.9 Å². The van der Waals surface area contributed by atoms with E-state index in [4.69, 9.17) is 14.8 Å². The van der Waals surface area contributed by atoms with E-state index in [1.54, 1.807) is 6.20 Å². The highest BCUT2D eigenvalue weighted by atomic mass is 28.3. The largest absolute Gasteiger partial charge is 0.360 e. The van der Waals surface area contributed by atoms with Crippen molar-refractivity contribution in [1.29, 1.82) is 0 Å². The lowest BCUT2D eigenvalue weighted by Crippen LogP contribution is -2.43. The fraction of sp³-hybridized carbons (Fsp3) is 0.538. The zero-order valence-corrected chi connectivity index (χ0v) is 22.3. The lowest BCUT2D eigenvalue weighted by Gasteiger charge is -2.36. The SMILES string of the molecule is CN1CCC2(CC1)CCN(c1nn(COCC[Si](C)(C)C)c3cnc(-c4cccnc4)cc13)C2=O. The second-order valence-electron chi connectivity index (χ2n) is 11.3. The zero-order valence-electron chi connectivity index (χ0n) is 21.3. The third-order valence-electron chi connectivity index (χ3n) is 7.50. The summed E-state index contributed by atoms with van der Waals surface area (Å²) in [7, 11) is 0.957. The number of amides is 1. The number of likely N-dealkylation sites (tertiary alicyclic amines) is 1. The molecule has 2 aliphatic rings. The highest BCUT2D eigenvalue weighted by Crippen LogP contribution is 2.44. The van der Waals surface area contributed by atoms with Gasteiger partial charge in [0.2, 0.25) is 5.91 Å². The number of anilines is 1. The van der Waals surface area contributed by atoms with Crippen LogP contribution in [0, 0.1) is 5.41 Å². The van der Waals surface area contributed by atoms with Gasteiger partial charge in [0.05, 0.1) is 22.8 Å². The highest BCUT2D eigenvalue weighted by Gasteiger charge is 2.49. The molecule has 0 saturated carbocycles. The molecule has 2 fully saturated rings. The number of ether oxygens (including phenoxy) is 1. The number of pyridine rings is 2. The number of hydrogen-bond donors (Lipinski definition) is 0. The first-order chi connectivity index (χ1) is 16.8. The summed E-state index contributed by atoms with van der Waals surface area (Å²) in [5.74, 6) is 0.943. The Bertz CT molecular complexity index is 1200. The van der Waals surface area contributed by atoms with Crippen LogP contribution in [0.2, 0.25) is 25.7 Å². The molecule has 0 aliphatic carbocycles. The smallest absolute Gasteiger partial charge is 0.234 e. The first-order valence-corrected chi connectivity index (χ1v) is 16.3. The molecule has 5 heterocycles. The van der Waals surface area contributed by atoms with Crippen LogP contribution in [0.5, 0.6) is 0 Å². The van der Waals surface area contributed by atoms with Crippen molar-refractivity contribution in [3.05, 3.63) is 36.8 Å². The summed E-state index contributed by atoms with van der Waals surface area (Å²) in [6.45, 7) is 10.7. The van der Waals surface area contributed by atoms with Gasteiger partial charge in [-0.15, -0.1) is 0 Å². The number of carbonyl (C=O) groups excluding carboxylic acids is 1. The molecule has 2 aliphatic heterocycles. The average molecular weight is 493 g/mol. The summed E-state index contributed by atoms with van der Waals surface area (Å²) in [5.41, 5.74) is 2.40. The maximum absolute atomic E-state index is 13.8. The van der Waals surface area contributed by atoms with E-state index in [-0.39, 0.29) is 11.3 Å². The second-order valence-corrected chi connectivity index (χ2v) is 16.9. The van der Waals surface area contributed by atoms with Crippen LogP contribution in [-0.2, 0) is 16.3 Å². The molecule has 1 spiro atoms. The van der Waals surface area contributed by atoms with Gasteiger partial charge in [0, 0.05) is 44.6 Å². The van der Waals surface area contributed by atoms with Gasteiger partial charge >= 0.3 is 0 Å². The number of aromatic nitrogens is 4. The summed E-state index contributed by atoms with van der Waals surface area (Å²) in [6, 6.07) is 7.05. The summed E-state index contributed by atoms with van der Waals surface area (Å²) < 4.78 is 7.89. The molecule has 2 saturated heterocycles. The molecular formula is C26H36N6O2Si. The van der Waals surface area contributed by atoms with Gasteiger partial charge in [-0.1, -0.05) is 19.6 Å². The molecule has 0 radical (unpaired) electrons. The van der Waals surface area contributed by atoms with E-state index in [9.17, 15) is 4.79 Å². The zero-order chi connectivity index (χ0) is 24.6. The van der Waals surface area contributed by atoms with Crippen LogP contribution in [0.4, 0.5) is 5.82 Å². The third-order valence-corrected chi connectivity index (χ3v) is 9.20. The van der Waals surface area contributed by atoms with Crippen molar-refractivity contribution in [3.8, 4) is 11.3 Å². The Morgan fingerprint density at radius 1 is 1.11 bits per heavy atom. The molecule has 35 heavy (non-hydrogen) atoms. The van der Waals surface area contributed by atoms with Crippen LogP contribution >= 0.6 is 0 Å². The highest BCUT2D eigenvalue weighted by molar-refractivity contribution is 6.76. The molecule has 5 rings (SSSR count). The standard InChI is InChI=1S/C26H36N6O2Si/c1-30-11-7-26(8-12-30)9-13-31(25(26)33)24-21-16-22(20-6-5-10-27-17-20)28-18-23(21)32(29-24)19-34-14-15-35(2,3)4/h5-6,10,16-18H,7-9,11-15,19H2,1-4H3. The molecule has 9 heteroatoms. The summed E-state index contributed by atoms with van der Waals surface area (Å²) in [4.78, 5) is 26.9. The van der Waals surface area contributed by atoms with Crippen molar-refractivity contribution < 1.29 is 9.53 Å². The van der Waals surface area contributed by atoms with Crippen molar-refractivity contribution in [2.75, 3.05) is 38.2 Å². The Hall–Kier alpha value is -2.62. The maximum Gasteiger partial charge on any atom is 0.234 e. The van der Waals surface area contributed by atoms with Crippen LogP contribution in [0.1, 0.15) is 19.3 Å². The maximum atomic E-state index is 13.8. The number of fused-ring (bicyclic) bond motifs is 1. The fourth-order valence-corrected chi connectivity index (χ4v) is 5.84.